The van der Waals surface area contributed by atoms with Crippen LogP contribution in [-0.2, 0) is 16.1 Å². The highest BCUT2D eigenvalue weighted by molar-refractivity contribution is 6.25. The Labute approximate surface area is 186 Å². The highest BCUT2D eigenvalue weighted by atomic mass is 19.1. The summed E-state index contributed by atoms with van der Waals surface area (Å²) in [5.41, 5.74) is 0.774. The van der Waals surface area contributed by atoms with E-state index in [1.807, 2.05) is 0 Å². The third kappa shape index (κ3) is 3.45. The van der Waals surface area contributed by atoms with E-state index in [9.17, 15) is 14.0 Å². The van der Waals surface area contributed by atoms with Gasteiger partial charge in [0.25, 0.3) is 11.8 Å². The van der Waals surface area contributed by atoms with Crippen LogP contribution < -0.4 is 14.4 Å². The van der Waals surface area contributed by atoms with Crippen LogP contribution in [0.1, 0.15) is 5.89 Å². The fourth-order valence-corrected chi connectivity index (χ4v) is 3.77. The number of carbonyl (C=O) groups excluding carboxylic acids is 2. The van der Waals surface area contributed by atoms with Crippen molar-refractivity contribution in [1.82, 2.24) is 15.1 Å². The summed E-state index contributed by atoms with van der Waals surface area (Å²) in [5, 5.41) is 13.2. The second-order valence-corrected chi connectivity index (χ2v) is 7.27. The third-order valence-corrected chi connectivity index (χ3v) is 5.33. The summed E-state index contributed by atoms with van der Waals surface area (Å²) in [5.74, 6) is -0.153. The van der Waals surface area contributed by atoms with Crippen LogP contribution in [0.25, 0.3) is 11.4 Å². The van der Waals surface area contributed by atoms with E-state index in [4.69, 9.17) is 14.0 Å². The minimum Gasteiger partial charge on any atom is -0.493 e. The van der Waals surface area contributed by atoms with E-state index in [1.54, 1.807) is 18.2 Å². The Morgan fingerprint density at radius 2 is 1.88 bits per heavy atom. The Hall–Kier alpha value is -4.35. The van der Waals surface area contributed by atoms with Gasteiger partial charge < -0.3 is 14.0 Å². The molecule has 0 bridgehead atoms. The molecule has 1 aromatic heterocycles. The van der Waals surface area contributed by atoms with Crippen LogP contribution in [0.15, 0.2) is 57.3 Å². The second-order valence-electron chi connectivity index (χ2n) is 7.27. The molecule has 2 aromatic carbocycles. The first-order valence-corrected chi connectivity index (χ1v) is 9.86. The molecular weight excluding hydrogens is 435 g/mol. The molecule has 2 amide bonds. The highest BCUT2D eigenvalue weighted by Crippen LogP contribution is 2.34. The second kappa shape index (κ2) is 7.97. The van der Waals surface area contributed by atoms with Crippen LogP contribution >= 0.6 is 0 Å². The number of methoxy groups -OCH3 is 2. The normalized spacial score (nSPS) is 19.4. The average Bonchev–Trinajstić information content (AvgIpc) is 3.51. The Balaban J connectivity index is 1.35. The van der Waals surface area contributed by atoms with Crippen LogP contribution in [-0.4, -0.2) is 53.3 Å². The molecule has 3 heterocycles. The standard InChI is InChI=1S/C21H17FN6O5/c1-31-14-7-6-11(8-15(14)32-2)19-23-16(33-25-19)10-27-18-17(24-26-27)20(29)28(21(18)30)13-5-3-4-12(22)9-13/h3-9,17-18H,10H2,1-2H3/t17-,18-/m1/s1. The minimum absolute atomic E-state index is 0.0407. The molecule has 0 unspecified atom stereocenters. The summed E-state index contributed by atoms with van der Waals surface area (Å²) in [6.45, 7) is -0.0407. The monoisotopic (exact) mass is 452 g/mol. The molecule has 0 spiro atoms. The molecule has 168 valence electrons. The van der Waals surface area contributed by atoms with E-state index in [0.717, 1.165) is 11.0 Å². The van der Waals surface area contributed by atoms with E-state index in [2.05, 4.69) is 20.5 Å². The fourth-order valence-electron chi connectivity index (χ4n) is 3.77. The molecule has 0 radical (unpaired) electrons. The fraction of sp³-hybridized carbons (Fsp3) is 0.238. The highest BCUT2D eigenvalue weighted by Gasteiger charge is 2.55. The maximum absolute atomic E-state index is 13.6. The van der Waals surface area contributed by atoms with Gasteiger partial charge in [-0.15, -0.1) is 0 Å². The van der Waals surface area contributed by atoms with Gasteiger partial charge in [-0.1, -0.05) is 16.4 Å². The number of rotatable bonds is 6. The summed E-state index contributed by atoms with van der Waals surface area (Å²) in [6, 6.07) is 8.42. The lowest BCUT2D eigenvalue weighted by atomic mass is 10.1. The van der Waals surface area contributed by atoms with Gasteiger partial charge in [0.05, 0.1) is 19.9 Å². The van der Waals surface area contributed by atoms with Crippen molar-refractivity contribution in [3.63, 3.8) is 0 Å². The Bertz CT molecular complexity index is 1280. The molecule has 12 heteroatoms. The molecule has 5 rings (SSSR count). The first-order chi connectivity index (χ1) is 16.0. The largest absolute Gasteiger partial charge is 0.493 e. The predicted molar refractivity (Wildman–Crippen MR) is 110 cm³/mol. The number of aromatic nitrogens is 2. The quantitative estimate of drug-likeness (QED) is 0.523. The zero-order valence-corrected chi connectivity index (χ0v) is 17.5. The molecule has 0 aliphatic carbocycles. The Kier molecular flexibility index (Phi) is 4.96. The first-order valence-electron chi connectivity index (χ1n) is 9.86. The smallest absolute Gasteiger partial charge is 0.263 e. The topological polar surface area (TPSA) is 123 Å². The number of amides is 2. The molecule has 1 saturated heterocycles. The van der Waals surface area contributed by atoms with Crippen molar-refractivity contribution in [2.24, 2.45) is 10.3 Å². The molecule has 3 aromatic rings. The Morgan fingerprint density at radius 3 is 2.64 bits per heavy atom. The molecular formula is C21H17FN6O5. The van der Waals surface area contributed by atoms with Crippen molar-refractivity contribution < 1.29 is 28.0 Å². The average molecular weight is 452 g/mol. The van der Waals surface area contributed by atoms with Gasteiger partial charge in [0.2, 0.25) is 11.7 Å². The summed E-state index contributed by atoms with van der Waals surface area (Å²) in [4.78, 5) is 31.0. The number of fused-ring (bicyclic) bond motifs is 1. The van der Waals surface area contributed by atoms with Crippen molar-refractivity contribution >= 4 is 17.5 Å². The van der Waals surface area contributed by atoms with Crippen LogP contribution in [0.5, 0.6) is 11.5 Å². The first kappa shape index (κ1) is 20.5. The predicted octanol–water partition coefficient (Wildman–Crippen LogP) is 2.39. The van der Waals surface area contributed by atoms with Gasteiger partial charge >= 0.3 is 0 Å². The lowest BCUT2D eigenvalue weighted by Gasteiger charge is -2.19. The third-order valence-electron chi connectivity index (χ3n) is 5.33. The van der Waals surface area contributed by atoms with Crippen LogP contribution in [0.2, 0.25) is 0 Å². The molecule has 33 heavy (non-hydrogen) atoms. The lowest BCUT2D eigenvalue weighted by molar-refractivity contribution is -0.123. The van der Waals surface area contributed by atoms with Gasteiger partial charge in [0.15, 0.2) is 23.6 Å². The number of ether oxygens (including phenoxy) is 2. The van der Waals surface area contributed by atoms with Crippen molar-refractivity contribution in [1.29, 1.82) is 0 Å². The van der Waals surface area contributed by atoms with E-state index in [1.165, 1.54) is 37.4 Å². The van der Waals surface area contributed by atoms with E-state index in [0.29, 0.717) is 22.9 Å². The molecule has 2 aliphatic rings. The maximum Gasteiger partial charge on any atom is 0.263 e. The number of imide groups is 1. The van der Waals surface area contributed by atoms with E-state index >= 15 is 0 Å². The zero-order chi connectivity index (χ0) is 23.1. The Morgan fingerprint density at radius 1 is 1.06 bits per heavy atom. The van der Waals surface area contributed by atoms with Crippen LogP contribution in [0.4, 0.5) is 10.1 Å². The van der Waals surface area contributed by atoms with E-state index < -0.39 is 29.7 Å². The molecule has 2 atom stereocenters. The summed E-state index contributed by atoms with van der Waals surface area (Å²) >= 11 is 0. The van der Waals surface area contributed by atoms with Crippen LogP contribution in [0.3, 0.4) is 0 Å². The number of halogens is 1. The van der Waals surface area contributed by atoms with Crippen molar-refractivity contribution in [3.8, 4) is 22.9 Å². The van der Waals surface area contributed by atoms with Crippen molar-refractivity contribution in [3.05, 3.63) is 54.2 Å². The number of nitrogens with zero attached hydrogens (tertiary/aromatic N) is 6. The number of hydrogen-bond acceptors (Lipinski definition) is 10. The summed E-state index contributed by atoms with van der Waals surface area (Å²) < 4.78 is 29.4. The minimum atomic E-state index is -1.02. The van der Waals surface area contributed by atoms with Crippen LogP contribution in [0, 0.1) is 5.82 Å². The number of benzene rings is 2. The van der Waals surface area contributed by atoms with Gasteiger partial charge in [0.1, 0.15) is 12.4 Å². The molecule has 0 N–H and O–H groups in total. The number of anilines is 1. The number of carbonyl (C=O) groups is 2. The number of hydrogen-bond donors (Lipinski definition) is 0. The SMILES string of the molecule is COc1ccc(-c2noc(CN3N=N[C@H]4C(=O)N(c5cccc(F)c5)C(=O)[C@@H]43)n2)cc1OC. The van der Waals surface area contributed by atoms with Gasteiger partial charge in [-0.3, -0.25) is 14.6 Å². The molecule has 1 fully saturated rings. The van der Waals surface area contributed by atoms with Crippen molar-refractivity contribution in [2.75, 3.05) is 19.1 Å². The maximum atomic E-state index is 13.6. The molecule has 0 saturated carbocycles. The van der Waals surface area contributed by atoms with Gasteiger partial charge in [-0.05, 0) is 36.4 Å². The summed E-state index contributed by atoms with van der Waals surface area (Å²) in [7, 11) is 3.05. The summed E-state index contributed by atoms with van der Waals surface area (Å²) in [6.07, 6.45) is 0. The van der Waals surface area contributed by atoms with Gasteiger partial charge in [-0.25, -0.2) is 9.29 Å². The van der Waals surface area contributed by atoms with Gasteiger partial charge in [-0.2, -0.15) is 10.1 Å². The molecule has 11 nitrogen and oxygen atoms in total. The zero-order valence-electron chi connectivity index (χ0n) is 17.5. The van der Waals surface area contributed by atoms with E-state index in [-0.39, 0.29) is 18.1 Å². The van der Waals surface area contributed by atoms with Gasteiger partial charge in [0, 0.05) is 5.56 Å². The lowest BCUT2D eigenvalue weighted by Crippen LogP contribution is -2.39. The molecule has 2 aliphatic heterocycles. The van der Waals surface area contributed by atoms with Crippen molar-refractivity contribution in [2.45, 2.75) is 18.6 Å².